The monoisotopic (exact) mass is 323 g/mol. The van der Waals surface area contributed by atoms with Gasteiger partial charge in [0.1, 0.15) is 0 Å². The minimum Gasteiger partial charge on any atom is -0.481 e. The number of halogens is 1. The SMILES string of the molecule is Cc1ccccc1N(CCC(=O)O)C(=O)c1ccc(Cl)s1. The van der Waals surface area contributed by atoms with Gasteiger partial charge in [-0.15, -0.1) is 11.3 Å². The molecule has 0 saturated heterocycles. The lowest BCUT2D eigenvalue weighted by molar-refractivity contribution is -0.136. The Morgan fingerprint density at radius 3 is 2.52 bits per heavy atom. The van der Waals surface area contributed by atoms with Crippen molar-refractivity contribution in [1.29, 1.82) is 0 Å². The zero-order valence-corrected chi connectivity index (χ0v) is 12.9. The maximum atomic E-state index is 12.6. The summed E-state index contributed by atoms with van der Waals surface area (Å²) < 4.78 is 0.529. The third kappa shape index (κ3) is 3.83. The molecule has 0 atom stereocenters. The highest BCUT2D eigenvalue weighted by Gasteiger charge is 2.21. The number of hydrogen-bond donors (Lipinski definition) is 1. The van der Waals surface area contributed by atoms with Crippen LogP contribution in [0.25, 0.3) is 0 Å². The molecule has 0 unspecified atom stereocenters. The average Bonchev–Trinajstić information content (AvgIpc) is 2.87. The van der Waals surface area contributed by atoms with Crippen LogP contribution in [0.1, 0.15) is 21.7 Å². The normalized spacial score (nSPS) is 10.4. The molecule has 0 radical (unpaired) electrons. The van der Waals surface area contributed by atoms with Gasteiger partial charge >= 0.3 is 5.97 Å². The molecule has 0 aliphatic heterocycles. The number of para-hydroxylation sites is 1. The topological polar surface area (TPSA) is 57.6 Å². The second-order valence-corrected chi connectivity index (χ2v) is 6.21. The highest BCUT2D eigenvalue weighted by Crippen LogP contribution is 2.27. The minimum atomic E-state index is -0.939. The Bertz CT molecular complexity index is 668. The summed E-state index contributed by atoms with van der Waals surface area (Å²) in [5, 5.41) is 8.88. The Morgan fingerprint density at radius 2 is 1.95 bits per heavy atom. The predicted molar refractivity (Wildman–Crippen MR) is 84.4 cm³/mol. The molecule has 2 rings (SSSR count). The van der Waals surface area contributed by atoms with E-state index in [9.17, 15) is 9.59 Å². The Labute approximate surface area is 131 Å². The highest BCUT2D eigenvalue weighted by molar-refractivity contribution is 7.18. The molecule has 1 heterocycles. The third-order valence-electron chi connectivity index (χ3n) is 2.98. The summed E-state index contributed by atoms with van der Waals surface area (Å²) in [5.74, 6) is -1.17. The fourth-order valence-corrected chi connectivity index (χ4v) is 2.96. The first-order chi connectivity index (χ1) is 9.99. The largest absolute Gasteiger partial charge is 0.481 e. The number of benzene rings is 1. The molecular formula is C15H14ClNO3S. The van der Waals surface area contributed by atoms with Gasteiger partial charge in [-0.3, -0.25) is 9.59 Å². The van der Waals surface area contributed by atoms with E-state index in [0.29, 0.717) is 14.9 Å². The van der Waals surface area contributed by atoms with Crippen LogP contribution in [0, 0.1) is 6.92 Å². The molecule has 21 heavy (non-hydrogen) atoms. The van der Waals surface area contributed by atoms with E-state index < -0.39 is 5.97 Å². The number of carbonyl (C=O) groups is 2. The van der Waals surface area contributed by atoms with Crippen LogP contribution in [-0.2, 0) is 4.79 Å². The smallest absolute Gasteiger partial charge is 0.305 e. The molecule has 1 aromatic heterocycles. The molecule has 0 spiro atoms. The van der Waals surface area contributed by atoms with E-state index in [2.05, 4.69) is 0 Å². The number of hydrogen-bond acceptors (Lipinski definition) is 3. The molecule has 1 amide bonds. The van der Waals surface area contributed by atoms with Crippen LogP contribution in [0.2, 0.25) is 4.34 Å². The molecule has 0 aliphatic carbocycles. The number of anilines is 1. The van der Waals surface area contributed by atoms with E-state index in [-0.39, 0.29) is 18.9 Å². The Hall–Kier alpha value is -1.85. The molecule has 1 N–H and O–H groups in total. The number of amides is 1. The van der Waals surface area contributed by atoms with Crippen molar-refractivity contribution in [3.63, 3.8) is 0 Å². The molecule has 0 saturated carbocycles. The van der Waals surface area contributed by atoms with Gasteiger partial charge in [0, 0.05) is 12.2 Å². The van der Waals surface area contributed by atoms with Gasteiger partial charge in [-0.2, -0.15) is 0 Å². The summed E-state index contributed by atoms with van der Waals surface area (Å²) in [7, 11) is 0. The van der Waals surface area contributed by atoms with Crippen molar-refractivity contribution in [3.8, 4) is 0 Å². The van der Waals surface area contributed by atoms with Crippen molar-refractivity contribution in [2.45, 2.75) is 13.3 Å². The van der Waals surface area contributed by atoms with Gasteiger partial charge in [-0.25, -0.2) is 0 Å². The lowest BCUT2D eigenvalue weighted by Gasteiger charge is -2.23. The van der Waals surface area contributed by atoms with Crippen molar-refractivity contribution in [3.05, 3.63) is 51.2 Å². The molecule has 0 bridgehead atoms. The van der Waals surface area contributed by atoms with Crippen molar-refractivity contribution < 1.29 is 14.7 Å². The highest BCUT2D eigenvalue weighted by atomic mass is 35.5. The summed E-state index contributed by atoms with van der Waals surface area (Å²) >= 11 is 7.05. The number of carboxylic acids is 1. The summed E-state index contributed by atoms with van der Waals surface area (Å²) in [6.45, 7) is 2.01. The lowest BCUT2D eigenvalue weighted by Crippen LogP contribution is -2.33. The first-order valence-corrected chi connectivity index (χ1v) is 7.53. The molecule has 6 heteroatoms. The molecule has 0 aliphatic rings. The van der Waals surface area contributed by atoms with Crippen LogP contribution in [0.5, 0.6) is 0 Å². The van der Waals surface area contributed by atoms with Gasteiger partial charge in [0.2, 0.25) is 0 Å². The number of thiophene rings is 1. The second kappa shape index (κ2) is 6.74. The number of carboxylic acid groups (broad SMARTS) is 1. The Kier molecular flexibility index (Phi) is 4.98. The van der Waals surface area contributed by atoms with Crippen molar-refractivity contribution >= 4 is 40.5 Å². The fourth-order valence-electron chi connectivity index (χ4n) is 1.97. The number of carbonyl (C=O) groups excluding carboxylic acids is 1. The van der Waals surface area contributed by atoms with E-state index in [1.165, 1.54) is 16.2 Å². The lowest BCUT2D eigenvalue weighted by atomic mass is 10.1. The summed E-state index contributed by atoms with van der Waals surface area (Å²) in [6, 6.07) is 10.7. The van der Waals surface area contributed by atoms with Crippen LogP contribution < -0.4 is 4.90 Å². The van der Waals surface area contributed by atoms with Crippen LogP contribution in [-0.4, -0.2) is 23.5 Å². The maximum Gasteiger partial charge on any atom is 0.305 e. The van der Waals surface area contributed by atoms with Gasteiger partial charge in [-0.1, -0.05) is 29.8 Å². The molecule has 0 fully saturated rings. The number of nitrogens with zero attached hydrogens (tertiary/aromatic N) is 1. The molecule has 110 valence electrons. The summed E-state index contributed by atoms with van der Waals surface area (Å²) in [6.07, 6.45) is -0.112. The van der Waals surface area contributed by atoms with Gasteiger partial charge in [-0.05, 0) is 30.7 Å². The van der Waals surface area contributed by atoms with Crippen molar-refractivity contribution in [2.24, 2.45) is 0 Å². The standard InChI is InChI=1S/C15H14ClNO3S/c1-10-4-2-3-5-11(10)17(9-8-14(18)19)15(20)12-6-7-13(16)21-12/h2-7H,8-9H2,1H3,(H,18,19). The summed E-state index contributed by atoms with van der Waals surface area (Å²) in [5.41, 5.74) is 1.63. The second-order valence-electron chi connectivity index (χ2n) is 4.49. The van der Waals surface area contributed by atoms with Crippen molar-refractivity contribution in [2.75, 3.05) is 11.4 Å². The maximum absolute atomic E-state index is 12.6. The number of aryl methyl sites for hydroxylation is 1. The molecule has 1 aromatic carbocycles. The average molecular weight is 324 g/mol. The van der Waals surface area contributed by atoms with E-state index in [4.69, 9.17) is 16.7 Å². The van der Waals surface area contributed by atoms with Gasteiger partial charge in [0.25, 0.3) is 5.91 Å². The van der Waals surface area contributed by atoms with Crippen molar-refractivity contribution in [1.82, 2.24) is 0 Å². The molecule has 2 aromatic rings. The molecular weight excluding hydrogens is 310 g/mol. The zero-order chi connectivity index (χ0) is 15.4. The predicted octanol–water partition coefficient (Wildman–Crippen LogP) is 3.83. The first-order valence-electron chi connectivity index (χ1n) is 6.33. The quantitative estimate of drug-likeness (QED) is 0.909. The van der Waals surface area contributed by atoms with E-state index in [0.717, 1.165) is 5.56 Å². The zero-order valence-electron chi connectivity index (χ0n) is 11.4. The molecule has 4 nitrogen and oxygen atoms in total. The first kappa shape index (κ1) is 15.5. The number of aliphatic carboxylic acids is 1. The summed E-state index contributed by atoms with van der Waals surface area (Å²) in [4.78, 5) is 25.4. The van der Waals surface area contributed by atoms with E-state index in [1.807, 2.05) is 31.2 Å². The van der Waals surface area contributed by atoms with Crippen LogP contribution in [0.3, 0.4) is 0 Å². The van der Waals surface area contributed by atoms with Crippen LogP contribution >= 0.6 is 22.9 Å². The van der Waals surface area contributed by atoms with Gasteiger partial charge in [0.15, 0.2) is 0 Å². The van der Waals surface area contributed by atoms with E-state index >= 15 is 0 Å². The van der Waals surface area contributed by atoms with Crippen LogP contribution in [0.15, 0.2) is 36.4 Å². The van der Waals surface area contributed by atoms with Gasteiger partial charge in [0.05, 0.1) is 15.6 Å². The number of rotatable bonds is 5. The Morgan fingerprint density at radius 1 is 1.24 bits per heavy atom. The third-order valence-corrected chi connectivity index (χ3v) is 4.20. The van der Waals surface area contributed by atoms with E-state index in [1.54, 1.807) is 12.1 Å². The van der Waals surface area contributed by atoms with Gasteiger partial charge < -0.3 is 10.0 Å². The Balaban J connectivity index is 2.34. The minimum absolute atomic E-state index is 0.112. The fraction of sp³-hybridized carbons (Fsp3) is 0.200. The van der Waals surface area contributed by atoms with Crippen LogP contribution in [0.4, 0.5) is 5.69 Å².